The van der Waals surface area contributed by atoms with Crippen molar-refractivity contribution in [3.8, 4) is 0 Å². The lowest BCUT2D eigenvalue weighted by Crippen LogP contribution is -2.36. The van der Waals surface area contributed by atoms with Crippen molar-refractivity contribution in [2.45, 2.75) is 19.0 Å². The van der Waals surface area contributed by atoms with Crippen molar-refractivity contribution in [3.63, 3.8) is 0 Å². The summed E-state index contributed by atoms with van der Waals surface area (Å²) in [5, 5.41) is 0. The lowest BCUT2D eigenvalue weighted by atomic mass is 10.2. The second-order valence-electron chi connectivity index (χ2n) is 5.56. The van der Waals surface area contributed by atoms with Gasteiger partial charge in [0.25, 0.3) is 0 Å². The predicted molar refractivity (Wildman–Crippen MR) is 75.2 cm³/mol. The molecule has 0 radical (unpaired) electrons. The molecule has 1 amide bonds. The van der Waals surface area contributed by atoms with E-state index < -0.39 is 16.2 Å². The van der Waals surface area contributed by atoms with Crippen molar-refractivity contribution in [3.05, 3.63) is 35.9 Å². The van der Waals surface area contributed by atoms with Crippen LogP contribution in [0.25, 0.3) is 0 Å². The van der Waals surface area contributed by atoms with E-state index >= 15 is 0 Å². The quantitative estimate of drug-likeness (QED) is 0.838. The summed E-state index contributed by atoms with van der Waals surface area (Å²) in [5.41, 5.74) is 0.834. The van der Waals surface area contributed by atoms with Gasteiger partial charge in [-0.25, -0.2) is 8.42 Å². The predicted octanol–water partition coefficient (Wildman–Crippen LogP) is 1.20. The van der Waals surface area contributed by atoms with E-state index in [4.69, 9.17) is 0 Å². The third kappa shape index (κ3) is 2.45. The van der Waals surface area contributed by atoms with Gasteiger partial charge in [0.1, 0.15) is 6.17 Å². The van der Waals surface area contributed by atoms with Gasteiger partial charge in [0.15, 0.2) is 0 Å². The Bertz CT molecular complexity index is 611. The molecule has 3 rings (SSSR count). The van der Waals surface area contributed by atoms with Gasteiger partial charge in [-0.2, -0.15) is 4.31 Å². The van der Waals surface area contributed by atoms with E-state index in [1.165, 1.54) is 9.21 Å². The highest BCUT2D eigenvalue weighted by Gasteiger charge is 2.44. The van der Waals surface area contributed by atoms with Gasteiger partial charge in [0.05, 0.1) is 12.3 Å². The van der Waals surface area contributed by atoms with Crippen LogP contribution < -0.4 is 0 Å². The van der Waals surface area contributed by atoms with Gasteiger partial charge in [0.2, 0.25) is 15.9 Å². The molecule has 1 atom stereocenters. The zero-order valence-electron chi connectivity index (χ0n) is 11.4. The first-order valence-electron chi connectivity index (χ1n) is 6.79. The third-order valence-corrected chi connectivity index (χ3v) is 5.86. The minimum absolute atomic E-state index is 0.0505. The minimum Gasteiger partial charge on any atom is -0.324 e. The molecule has 0 aromatic heterocycles. The van der Waals surface area contributed by atoms with Crippen LogP contribution in [0, 0.1) is 5.92 Å². The summed E-state index contributed by atoms with van der Waals surface area (Å²) in [4.78, 5) is 13.4. The summed E-state index contributed by atoms with van der Waals surface area (Å²) in [6.07, 6.45) is 1.45. The third-order valence-electron chi connectivity index (χ3n) is 3.92. The van der Waals surface area contributed by atoms with Gasteiger partial charge >= 0.3 is 0 Å². The Morgan fingerprint density at radius 1 is 1.20 bits per heavy atom. The highest BCUT2D eigenvalue weighted by atomic mass is 32.2. The largest absolute Gasteiger partial charge is 0.324 e. The molecule has 1 saturated carbocycles. The number of likely N-dealkylation sites (N-methyl/N-ethyl adjacent to an activating group) is 1. The van der Waals surface area contributed by atoms with Crippen LogP contribution >= 0.6 is 0 Å². The molecule has 1 aromatic rings. The fourth-order valence-corrected chi connectivity index (χ4v) is 4.60. The topological polar surface area (TPSA) is 57.7 Å². The molecule has 1 heterocycles. The zero-order chi connectivity index (χ0) is 14.3. The molecule has 20 heavy (non-hydrogen) atoms. The van der Waals surface area contributed by atoms with Crippen molar-refractivity contribution < 1.29 is 13.2 Å². The van der Waals surface area contributed by atoms with Crippen LogP contribution in [0.3, 0.4) is 0 Å². The summed E-state index contributed by atoms with van der Waals surface area (Å²) in [6.45, 7) is -0.0505. The van der Waals surface area contributed by atoms with Crippen LogP contribution in [0.15, 0.2) is 30.3 Å². The number of carbonyl (C=O) groups excluding carboxylic acids is 1. The Balaban J connectivity index is 1.94. The van der Waals surface area contributed by atoms with E-state index in [2.05, 4.69) is 0 Å². The van der Waals surface area contributed by atoms with Crippen molar-refractivity contribution >= 4 is 15.9 Å². The first-order chi connectivity index (χ1) is 9.49. The van der Waals surface area contributed by atoms with Crippen LogP contribution in [0.2, 0.25) is 0 Å². The number of carbonyl (C=O) groups is 1. The molecule has 1 aliphatic heterocycles. The second-order valence-corrected chi connectivity index (χ2v) is 7.52. The van der Waals surface area contributed by atoms with Crippen LogP contribution in [-0.2, 0) is 14.8 Å². The van der Waals surface area contributed by atoms with E-state index in [9.17, 15) is 13.2 Å². The van der Waals surface area contributed by atoms with Crippen LogP contribution in [0.4, 0.5) is 0 Å². The number of benzene rings is 1. The van der Waals surface area contributed by atoms with Crippen molar-refractivity contribution in [2.75, 3.05) is 19.3 Å². The van der Waals surface area contributed by atoms with Crippen LogP contribution in [-0.4, -0.2) is 42.9 Å². The number of nitrogens with zero attached hydrogens (tertiary/aromatic N) is 2. The Morgan fingerprint density at radius 3 is 2.45 bits per heavy atom. The van der Waals surface area contributed by atoms with E-state index in [-0.39, 0.29) is 24.1 Å². The van der Waals surface area contributed by atoms with Gasteiger partial charge in [0, 0.05) is 7.05 Å². The maximum atomic E-state index is 12.5. The minimum atomic E-state index is -3.39. The highest BCUT2D eigenvalue weighted by Crippen LogP contribution is 2.36. The summed E-state index contributed by atoms with van der Waals surface area (Å²) >= 11 is 0. The summed E-state index contributed by atoms with van der Waals surface area (Å²) in [5.74, 6) is 0.285. The Hall–Kier alpha value is -1.40. The molecule has 1 aromatic carbocycles. The summed E-state index contributed by atoms with van der Waals surface area (Å²) in [7, 11) is -1.73. The van der Waals surface area contributed by atoms with E-state index in [0.717, 1.165) is 18.4 Å². The lowest BCUT2D eigenvalue weighted by molar-refractivity contribution is -0.126. The van der Waals surface area contributed by atoms with Gasteiger partial charge in [-0.05, 0) is 24.3 Å². The molecule has 0 N–H and O–H groups in total. The smallest absolute Gasteiger partial charge is 0.239 e. The molecular formula is C14H18N2O3S. The normalized spacial score (nSPS) is 24.4. The van der Waals surface area contributed by atoms with E-state index in [0.29, 0.717) is 0 Å². The van der Waals surface area contributed by atoms with E-state index in [1.807, 2.05) is 30.3 Å². The fourth-order valence-electron chi connectivity index (χ4n) is 2.60. The van der Waals surface area contributed by atoms with Crippen LogP contribution in [0.1, 0.15) is 24.6 Å². The molecule has 5 nitrogen and oxygen atoms in total. The number of hydrogen-bond acceptors (Lipinski definition) is 3. The molecule has 2 aliphatic rings. The van der Waals surface area contributed by atoms with Gasteiger partial charge in [-0.3, -0.25) is 4.79 Å². The monoisotopic (exact) mass is 294 g/mol. The molecule has 0 bridgehead atoms. The molecular weight excluding hydrogens is 276 g/mol. The first-order valence-corrected chi connectivity index (χ1v) is 8.40. The lowest BCUT2D eigenvalue weighted by Gasteiger charge is -2.27. The maximum absolute atomic E-state index is 12.5. The summed E-state index contributed by atoms with van der Waals surface area (Å²) in [6, 6.07) is 9.32. The summed E-state index contributed by atoms with van der Waals surface area (Å²) < 4.78 is 26.4. The SMILES string of the molecule is CN1C(=O)CN(S(=O)(=O)CC2CC2)C1c1ccccc1. The maximum Gasteiger partial charge on any atom is 0.239 e. The second kappa shape index (κ2) is 4.86. The molecule has 2 fully saturated rings. The van der Waals surface area contributed by atoms with Gasteiger partial charge in [-0.15, -0.1) is 0 Å². The van der Waals surface area contributed by atoms with Gasteiger partial charge in [-0.1, -0.05) is 30.3 Å². The average Bonchev–Trinajstić information content (AvgIpc) is 3.16. The van der Waals surface area contributed by atoms with E-state index in [1.54, 1.807) is 7.05 Å². The highest BCUT2D eigenvalue weighted by molar-refractivity contribution is 7.89. The van der Waals surface area contributed by atoms with Crippen molar-refractivity contribution in [1.82, 2.24) is 9.21 Å². The molecule has 1 saturated heterocycles. The Morgan fingerprint density at radius 2 is 1.85 bits per heavy atom. The Labute approximate surface area is 119 Å². The average molecular weight is 294 g/mol. The number of amides is 1. The molecule has 0 spiro atoms. The van der Waals surface area contributed by atoms with Crippen LogP contribution in [0.5, 0.6) is 0 Å². The number of hydrogen-bond donors (Lipinski definition) is 0. The van der Waals surface area contributed by atoms with Crippen molar-refractivity contribution in [1.29, 1.82) is 0 Å². The first kappa shape index (κ1) is 13.6. The number of rotatable bonds is 4. The molecule has 6 heteroatoms. The fraction of sp³-hybridized carbons (Fsp3) is 0.500. The molecule has 108 valence electrons. The van der Waals surface area contributed by atoms with Crippen molar-refractivity contribution in [2.24, 2.45) is 5.92 Å². The molecule has 1 unspecified atom stereocenters. The number of sulfonamides is 1. The Kier molecular flexibility index (Phi) is 3.30. The molecule has 1 aliphatic carbocycles. The van der Waals surface area contributed by atoms with Gasteiger partial charge < -0.3 is 4.90 Å². The standard InChI is InChI=1S/C14H18N2O3S/c1-15-13(17)9-16(20(18,19)10-11-7-8-11)14(15)12-5-3-2-4-6-12/h2-6,11,14H,7-10H2,1H3. The zero-order valence-corrected chi connectivity index (χ0v) is 12.2.